The number of rotatable bonds is 7. The summed E-state index contributed by atoms with van der Waals surface area (Å²) in [6, 6.07) is 23.6. The predicted octanol–water partition coefficient (Wildman–Crippen LogP) is 7.92. The Morgan fingerprint density at radius 3 is 2.34 bits per heavy atom. The summed E-state index contributed by atoms with van der Waals surface area (Å²) in [6.45, 7) is 0.503. The van der Waals surface area contributed by atoms with Crippen LogP contribution >= 0.6 is 47.0 Å². The molecule has 3 aromatic carbocycles. The lowest BCUT2D eigenvalue weighted by atomic mass is 10.1. The summed E-state index contributed by atoms with van der Waals surface area (Å²) < 4.78 is 7.15. The van der Waals surface area contributed by atoms with E-state index >= 15 is 0 Å². The topological polar surface area (TPSA) is 80.3 Å². The zero-order chi connectivity index (χ0) is 26.8. The maximum absolute atomic E-state index is 11.1. The lowest BCUT2D eigenvalue weighted by molar-refractivity contribution is 0.0663. The molecule has 0 fully saturated rings. The number of aromatic nitrogens is 2. The van der Waals surface area contributed by atoms with Gasteiger partial charge >= 0.3 is 5.97 Å². The molecule has 0 saturated heterocycles. The van der Waals surface area contributed by atoms with E-state index in [-0.39, 0.29) is 5.76 Å². The van der Waals surface area contributed by atoms with Gasteiger partial charge in [-0.15, -0.1) is 0 Å². The Bertz CT molecular complexity index is 1660. The molecule has 38 heavy (non-hydrogen) atoms. The van der Waals surface area contributed by atoms with Crippen LogP contribution in [0.5, 0.6) is 0 Å². The van der Waals surface area contributed by atoms with Gasteiger partial charge in [0.25, 0.3) is 0 Å². The smallest absolute Gasteiger partial charge is 0.371 e. The molecule has 0 aliphatic rings. The molecule has 10 heteroatoms. The van der Waals surface area contributed by atoms with Crippen LogP contribution in [0.3, 0.4) is 0 Å². The van der Waals surface area contributed by atoms with Crippen LogP contribution in [0.2, 0.25) is 15.1 Å². The lowest BCUT2D eigenvalue weighted by Crippen LogP contribution is -2.22. The molecular weight excluding hydrogens is 565 g/mol. The Labute approximate surface area is 238 Å². The number of benzene rings is 3. The molecule has 190 valence electrons. The first-order valence-electron chi connectivity index (χ1n) is 11.3. The second-order valence-electron chi connectivity index (χ2n) is 8.27. The quantitative estimate of drug-likeness (QED) is 0.190. The molecule has 0 radical (unpaired) electrons. The summed E-state index contributed by atoms with van der Waals surface area (Å²) in [7, 11) is 0. The maximum Gasteiger partial charge on any atom is 0.371 e. The van der Waals surface area contributed by atoms with Crippen molar-refractivity contribution in [3.8, 4) is 28.3 Å². The molecule has 0 atom stereocenters. The number of hydrogen-bond acceptors (Lipinski definition) is 4. The van der Waals surface area contributed by atoms with E-state index in [0.29, 0.717) is 43.5 Å². The first-order chi connectivity index (χ1) is 18.3. The molecule has 2 heterocycles. The third-order valence-electron chi connectivity index (χ3n) is 5.81. The fraction of sp³-hybridized carbons (Fsp3) is 0.0357. The predicted molar refractivity (Wildman–Crippen MR) is 154 cm³/mol. The highest BCUT2D eigenvalue weighted by Crippen LogP contribution is 2.29. The van der Waals surface area contributed by atoms with Gasteiger partial charge in [-0.2, -0.15) is 5.10 Å². The van der Waals surface area contributed by atoms with Gasteiger partial charge in [0.15, 0.2) is 0 Å². The van der Waals surface area contributed by atoms with Crippen molar-refractivity contribution in [3.05, 3.63) is 117 Å². The van der Waals surface area contributed by atoms with Crippen molar-refractivity contribution in [1.82, 2.24) is 15.1 Å². The number of carboxylic acids is 1. The standard InChI is InChI=1S/C28H18Cl3N3O3S/c29-21-8-6-19(14-23(21)31)34-24(11-12-33-34)17-3-1-16(2-4-17)15-32-27(38)20-7-5-18(13-22(20)30)25-9-10-26(37-25)28(35)36/h1-14H,15H2,(H,32,38)(H,35,36). The third-order valence-corrected chi connectivity index (χ3v) is 7.22. The number of carbonyl (C=O) groups is 1. The minimum Gasteiger partial charge on any atom is -0.475 e. The molecule has 5 aromatic rings. The van der Waals surface area contributed by atoms with Gasteiger partial charge in [0, 0.05) is 23.2 Å². The van der Waals surface area contributed by atoms with Crippen LogP contribution in [0, 0.1) is 0 Å². The first-order valence-corrected chi connectivity index (χ1v) is 12.8. The van der Waals surface area contributed by atoms with E-state index < -0.39 is 5.97 Å². The third kappa shape index (κ3) is 5.47. The van der Waals surface area contributed by atoms with Gasteiger partial charge in [-0.05, 0) is 54.1 Å². The van der Waals surface area contributed by atoms with Gasteiger partial charge in [-0.25, -0.2) is 9.48 Å². The molecule has 0 aliphatic carbocycles. The monoisotopic (exact) mass is 581 g/mol. The maximum atomic E-state index is 11.1. The highest BCUT2D eigenvalue weighted by atomic mass is 35.5. The molecule has 0 amide bonds. The van der Waals surface area contributed by atoms with Crippen molar-refractivity contribution in [2.24, 2.45) is 0 Å². The Hall–Kier alpha value is -3.62. The highest BCUT2D eigenvalue weighted by molar-refractivity contribution is 7.80. The van der Waals surface area contributed by atoms with E-state index in [2.05, 4.69) is 10.4 Å². The fourth-order valence-electron chi connectivity index (χ4n) is 3.88. The van der Waals surface area contributed by atoms with Crippen LogP contribution < -0.4 is 5.32 Å². The molecular formula is C28H18Cl3N3O3S. The highest BCUT2D eigenvalue weighted by Gasteiger charge is 2.14. The van der Waals surface area contributed by atoms with Crippen molar-refractivity contribution in [2.75, 3.05) is 0 Å². The lowest BCUT2D eigenvalue weighted by Gasteiger charge is -2.12. The number of furan rings is 1. The average molecular weight is 583 g/mol. The SMILES string of the molecule is O=C(O)c1ccc(-c2ccc(C(=S)NCc3ccc(-c4ccnn4-c4ccc(Cl)c(Cl)c4)cc3)c(Cl)c2)o1. The van der Waals surface area contributed by atoms with E-state index in [1.165, 1.54) is 6.07 Å². The number of hydrogen-bond donors (Lipinski definition) is 2. The van der Waals surface area contributed by atoms with Crippen molar-refractivity contribution in [2.45, 2.75) is 6.54 Å². The van der Waals surface area contributed by atoms with Crippen LogP contribution in [0.25, 0.3) is 28.3 Å². The van der Waals surface area contributed by atoms with Gasteiger partial charge in [0.05, 0.1) is 32.6 Å². The van der Waals surface area contributed by atoms with Gasteiger partial charge < -0.3 is 14.8 Å². The van der Waals surface area contributed by atoms with E-state index in [4.69, 9.17) is 56.5 Å². The van der Waals surface area contributed by atoms with Crippen LogP contribution in [-0.2, 0) is 6.54 Å². The Balaban J connectivity index is 1.26. The van der Waals surface area contributed by atoms with Crippen LogP contribution in [-0.4, -0.2) is 25.8 Å². The van der Waals surface area contributed by atoms with Crippen molar-refractivity contribution < 1.29 is 14.3 Å². The minimum absolute atomic E-state index is 0.137. The zero-order valence-corrected chi connectivity index (χ0v) is 22.6. The Kier molecular flexibility index (Phi) is 7.53. The Morgan fingerprint density at radius 2 is 1.66 bits per heavy atom. The van der Waals surface area contributed by atoms with Crippen molar-refractivity contribution in [1.29, 1.82) is 0 Å². The normalized spacial score (nSPS) is 10.9. The molecule has 5 rings (SSSR count). The fourth-order valence-corrected chi connectivity index (χ4v) is 4.75. The minimum atomic E-state index is -1.13. The van der Waals surface area contributed by atoms with Crippen LogP contribution in [0.1, 0.15) is 21.7 Å². The van der Waals surface area contributed by atoms with E-state index in [9.17, 15) is 4.79 Å². The number of nitrogens with zero attached hydrogens (tertiary/aromatic N) is 2. The number of halogens is 3. The second kappa shape index (κ2) is 11.0. The molecule has 0 bridgehead atoms. The van der Waals surface area contributed by atoms with Gasteiger partial charge in [-0.3, -0.25) is 0 Å². The van der Waals surface area contributed by atoms with Gasteiger partial charge in [0.1, 0.15) is 10.7 Å². The van der Waals surface area contributed by atoms with Gasteiger partial charge in [0.2, 0.25) is 5.76 Å². The molecule has 2 N–H and O–H groups in total. The number of aromatic carboxylic acids is 1. The van der Waals surface area contributed by atoms with Crippen molar-refractivity contribution in [3.63, 3.8) is 0 Å². The molecule has 6 nitrogen and oxygen atoms in total. The van der Waals surface area contributed by atoms with Crippen molar-refractivity contribution >= 4 is 58.0 Å². The molecule has 0 aliphatic heterocycles. The summed E-state index contributed by atoms with van der Waals surface area (Å²) in [5.41, 5.74) is 5.07. The van der Waals surface area contributed by atoms with E-state index in [0.717, 1.165) is 22.5 Å². The summed E-state index contributed by atoms with van der Waals surface area (Å²) >= 11 is 24.3. The molecule has 2 aromatic heterocycles. The molecule has 0 unspecified atom stereocenters. The second-order valence-corrected chi connectivity index (χ2v) is 9.90. The summed E-state index contributed by atoms with van der Waals surface area (Å²) in [5, 5.41) is 18.1. The number of carboxylic acid groups (broad SMARTS) is 1. The van der Waals surface area contributed by atoms with E-state index in [1.54, 1.807) is 47.3 Å². The molecule has 0 spiro atoms. The van der Waals surface area contributed by atoms with Crippen LogP contribution in [0.15, 0.2) is 89.5 Å². The Morgan fingerprint density at radius 1 is 0.895 bits per heavy atom. The summed E-state index contributed by atoms with van der Waals surface area (Å²) in [5.74, 6) is -0.855. The average Bonchev–Trinajstić information content (AvgIpc) is 3.60. The van der Waals surface area contributed by atoms with E-state index in [1.807, 2.05) is 36.4 Å². The zero-order valence-electron chi connectivity index (χ0n) is 19.5. The molecule has 0 saturated carbocycles. The number of thiocarbonyl (C=S) groups is 1. The summed E-state index contributed by atoms with van der Waals surface area (Å²) in [4.78, 5) is 11.6. The number of nitrogens with one attached hydrogen (secondary N) is 1. The summed E-state index contributed by atoms with van der Waals surface area (Å²) in [6.07, 6.45) is 1.73. The van der Waals surface area contributed by atoms with Gasteiger partial charge in [-0.1, -0.05) is 77.4 Å². The van der Waals surface area contributed by atoms with Crippen LogP contribution in [0.4, 0.5) is 0 Å². The largest absolute Gasteiger partial charge is 0.475 e. The first kappa shape index (κ1) is 26.0.